The summed E-state index contributed by atoms with van der Waals surface area (Å²) < 4.78 is 0. The van der Waals surface area contributed by atoms with E-state index in [1.54, 1.807) is 4.90 Å². The minimum atomic E-state index is -0.348. The van der Waals surface area contributed by atoms with Crippen LogP contribution in [0.5, 0.6) is 0 Å². The topological polar surface area (TPSA) is 66.6 Å². The highest BCUT2D eigenvalue weighted by molar-refractivity contribution is 5.84. The number of nitrogens with zero attached hydrogens (tertiary/aromatic N) is 1. The summed E-state index contributed by atoms with van der Waals surface area (Å²) in [5, 5.41) is 8.99. The van der Waals surface area contributed by atoms with Gasteiger partial charge in [-0.2, -0.15) is 0 Å². The predicted molar refractivity (Wildman–Crippen MR) is 63.8 cm³/mol. The first-order valence-corrected chi connectivity index (χ1v) is 6.09. The third-order valence-corrected chi connectivity index (χ3v) is 3.55. The van der Waals surface area contributed by atoms with Crippen LogP contribution in [0.2, 0.25) is 0 Å². The molecule has 0 bridgehead atoms. The molecule has 0 spiro atoms. The molecule has 4 nitrogen and oxygen atoms in total. The molecule has 1 saturated carbocycles. The molecule has 1 aliphatic carbocycles. The van der Waals surface area contributed by atoms with Crippen LogP contribution in [-0.2, 0) is 4.79 Å². The number of hydrogen-bond donors (Lipinski definition) is 2. The lowest BCUT2D eigenvalue weighted by molar-refractivity contribution is -0.152. The van der Waals surface area contributed by atoms with Crippen LogP contribution in [0.3, 0.4) is 0 Å². The van der Waals surface area contributed by atoms with E-state index in [-0.39, 0.29) is 24.0 Å². The second-order valence-corrected chi connectivity index (χ2v) is 5.31. The summed E-state index contributed by atoms with van der Waals surface area (Å²) in [6.45, 7) is 6.93. The third kappa shape index (κ3) is 2.38. The minimum Gasteiger partial charge on any atom is -0.395 e. The second-order valence-electron chi connectivity index (χ2n) is 5.31. The Morgan fingerprint density at radius 3 is 2.44 bits per heavy atom. The zero-order valence-corrected chi connectivity index (χ0v) is 10.6. The molecule has 0 heterocycles. The van der Waals surface area contributed by atoms with Gasteiger partial charge in [-0.3, -0.25) is 4.79 Å². The summed E-state index contributed by atoms with van der Waals surface area (Å²) >= 11 is 0. The lowest BCUT2D eigenvalue weighted by Gasteiger charge is -2.47. The molecule has 0 unspecified atom stereocenters. The van der Waals surface area contributed by atoms with Gasteiger partial charge in [0.25, 0.3) is 0 Å². The van der Waals surface area contributed by atoms with Crippen LogP contribution in [0.1, 0.15) is 33.6 Å². The lowest BCUT2D eigenvalue weighted by atomic mass is 9.61. The van der Waals surface area contributed by atoms with Gasteiger partial charge in [0.2, 0.25) is 5.91 Å². The fourth-order valence-electron chi connectivity index (χ4n) is 2.71. The van der Waals surface area contributed by atoms with Gasteiger partial charge in [0, 0.05) is 19.1 Å². The largest absolute Gasteiger partial charge is 0.395 e. The molecule has 0 aliphatic heterocycles. The van der Waals surface area contributed by atoms with E-state index in [0.29, 0.717) is 19.0 Å². The van der Waals surface area contributed by atoms with Crippen molar-refractivity contribution >= 4 is 5.91 Å². The standard InChI is InChI=1S/C12H24N2O2/c1-9(2)14(4-5-15)11(16)12(8-13)6-10(3)7-12/h9-10,15H,4-8,13H2,1-3H3. The Morgan fingerprint density at radius 1 is 1.56 bits per heavy atom. The van der Waals surface area contributed by atoms with Crippen molar-refractivity contribution in [2.75, 3.05) is 19.7 Å². The van der Waals surface area contributed by atoms with Crippen LogP contribution in [0.4, 0.5) is 0 Å². The highest BCUT2D eigenvalue weighted by Gasteiger charge is 2.49. The smallest absolute Gasteiger partial charge is 0.230 e. The quantitative estimate of drug-likeness (QED) is 0.724. The van der Waals surface area contributed by atoms with E-state index in [2.05, 4.69) is 6.92 Å². The summed E-state index contributed by atoms with van der Waals surface area (Å²) in [4.78, 5) is 14.1. The van der Waals surface area contributed by atoms with E-state index in [1.165, 1.54) is 0 Å². The molecule has 0 aromatic heterocycles. The Balaban J connectivity index is 2.73. The number of carbonyl (C=O) groups is 1. The zero-order chi connectivity index (χ0) is 12.3. The van der Waals surface area contributed by atoms with Gasteiger partial charge >= 0.3 is 0 Å². The Labute approximate surface area is 97.8 Å². The van der Waals surface area contributed by atoms with Gasteiger partial charge < -0.3 is 15.7 Å². The molecule has 0 atom stereocenters. The summed E-state index contributed by atoms with van der Waals surface area (Å²) in [6, 6.07) is 0.124. The SMILES string of the molecule is CC1CC(CN)(C(=O)N(CCO)C(C)C)C1. The first kappa shape index (κ1) is 13.5. The van der Waals surface area contributed by atoms with Crippen molar-refractivity contribution in [1.29, 1.82) is 0 Å². The number of hydrogen-bond acceptors (Lipinski definition) is 3. The Hall–Kier alpha value is -0.610. The molecule has 0 aromatic carbocycles. The maximum Gasteiger partial charge on any atom is 0.230 e. The summed E-state index contributed by atoms with van der Waals surface area (Å²) in [5.41, 5.74) is 5.41. The Bertz CT molecular complexity index is 247. The number of aliphatic hydroxyl groups is 1. The molecule has 4 heteroatoms. The number of rotatable bonds is 5. The van der Waals surface area contributed by atoms with Gasteiger partial charge in [-0.05, 0) is 32.6 Å². The summed E-state index contributed by atoms with van der Waals surface area (Å²) in [7, 11) is 0. The van der Waals surface area contributed by atoms with Crippen molar-refractivity contribution in [3.8, 4) is 0 Å². The van der Waals surface area contributed by atoms with Crippen molar-refractivity contribution in [2.45, 2.75) is 39.7 Å². The number of carbonyl (C=O) groups excluding carboxylic acids is 1. The minimum absolute atomic E-state index is 0.0140. The molecular weight excluding hydrogens is 204 g/mol. The van der Waals surface area contributed by atoms with Crippen molar-refractivity contribution in [3.63, 3.8) is 0 Å². The van der Waals surface area contributed by atoms with Crippen molar-refractivity contribution in [2.24, 2.45) is 17.1 Å². The van der Waals surface area contributed by atoms with Crippen molar-refractivity contribution in [1.82, 2.24) is 4.90 Å². The summed E-state index contributed by atoms with van der Waals surface area (Å²) in [5.74, 6) is 0.716. The molecule has 0 saturated heterocycles. The van der Waals surface area contributed by atoms with Crippen LogP contribution in [-0.4, -0.2) is 41.7 Å². The Kier molecular flexibility index (Phi) is 4.33. The second kappa shape index (κ2) is 5.15. The van der Waals surface area contributed by atoms with Crippen LogP contribution < -0.4 is 5.73 Å². The van der Waals surface area contributed by atoms with Gasteiger partial charge in [-0.1, -0.05) is 6.92 Å². The Morgan fingerprint density at radius 2 is 2.12 bits per heavy atom. The van der Waals surface area contributed by atoms with Crippen LogP contribution >= 0.6 is 0 Å². The molecule has 1 amide bonds. The summed E-state index contributed by atoms with van der Waals surface area (Å²) in [6.07, 6.45) is 1.77. The number of aliphatic hydroxyl groups excluding tert-OH is 1. The van der Waals surface area contributed by atoms with E-state index >= 15 is 0 Å². The molecule has 94 valence electrons. The maximum atomic E-state index is 12.4. The van der Waals surface area contributed by atoms with E-state index in [4.69, 9.17) is 10.8 Å². The van der Waals surface area contributed by atoms with Gasteiger partial charge in [0.1, 0.15) is 0 Å². The van der Waals surface area contributed by atoms with E-state index in [1.807, 2.05) is 13.8 Å². The fraction of sp³-hybridized carbons (Fsp3) is 0.917. The predicted octanol–water partition coefficient (Wildman–Crippen LogP) is 0.591. The molecule has 1 aliphatic rings. The zero-order valence-electron chi connectivity index (χ0n) is 10.6. The van der Waals surface area contributed by atoms with E-state index in [0.717, 1.165) is 12.8 Å². The number of amides is 1. The van der Waals surface area contributed by atoms with Crippen molar-refractivity contribution in [3.05, 3.63) is 0 Å². The average Bonchev–Trinajstić information content (AvgIpc) is 2.19. The number of nitrogens with two attached hydrogens (primary N) is 1. The molecule has 1 fully saturated rings. The van der Waals surface area contributed by atoms with Gasteiger partial charge in [-0.25, -0.2) is 0 Å². The normalized spacial score (nSPS) is 29.0. The molecular formula is C12H24N2O2. The fourth-order valence-corrected chi connectivity index (χ4v) is 2.71. The first-order valence-electron chi connectivity index (χ1n) is 6.09. The van der Waals surface area contributed by atoms with Gasteiger partial charge in [0.05, 0.1) is 12.0 Å². The molecule has 0 aromatic rings. The molecule has 1 rings (SSSR count). The van der Waals surface area contributed by atoms with Gasteiger partial charge in [-0.15, -0.1) is 0 Å². The highest BCUT2D eigenvalue weighted by atomic mass is 16.3. The molecule has 0 radical (unpaired) electrons. The van der Waals surface area contributed by atoms with Gasteiger partial charge in [0.15, 0.2) is 0 Å². The van der Waals surface area contributed by atoms with Crippen LogP contribution in [0.25, 0.3) is 0 Å². The van der Waals surface area contributed by atoms with E-state index in [9.17, 15) is 4.79 Å². The monoisotopic (exact) mass is 228 g/mol. The molecule has 3 N–H and O–H groups in total. The lowest BCUT2D eigenvalue weighted by Crippen LogP contribution is -2.56. The third-order valence-electron chi connectivity index (χ3n) is 3.55. The average molecular weight is 228 g/mol. The van der Waals surface area contributed by atoms with Crippen LogP contribution in [0.15, 0.2) is 0 Å². The highest BCUT2D eigenvalue weighted by Crippen LogP contribution is 2.46. The van der Waals surface area contributed by atoms with Crippen molar-refractivity contribution < 1.29 is 9.90 Å². The van der Waals surface area contributed by atoms with Crippen LogP contribution in [0, 0.1) is 11.3 Å². The molecule has 16 heavy (non-hydrogen) atoms. The first-order chi connectivity index (χ1) is 7.46. The maximum absolute atomic E-state index is 12.4. The van der Waals surface area contributed by atoms with E-state index < -0.39 is 0 Å².